The van der Waals surface area contributed by atoms with E-state index in [-0.39, 0.29) is 29.4 Å². The predicted molar refractivity (Wildman–Crippen MR) is 107 cm³/mol. The number of piperazine rings is 1. The first kappa shape index (κ1) is 21.0. The second kappa shape index (κ2) is 9.21. The van der Waals surface area contributed by atoms with E-state index in [1.54, 1.807) is 29.3 Å². The Morgan fingerprint density at radius 1 is 1.28 bits per heavy atom. The minimum absolute atomic E-state index is 0.0806. The van der Waals surface area contributed by atoms with E-state index in [0.29, 0.717) is 30.7 Å². The number of hydrogen-bond acceptors (Lipinski definition) is 5. The summed E-state index contributed by atoms with van der Waals surface area (Å²) in [6.45, 7) is 2.52. The third-order valence-corrected chi connectivity index (χ3v) is 4.90. The molecule has 1 aromatic carbocycles. The monoisotopic (exact) mass is 425 g/mol. The SMILES string of the molecule is CC(C)C1CN(c2nccc(Cl)n2)CCN1C(=O)Nc1ccccc1OC(F)F. The second-order valence-corrected chi connectivity index (χ2v) is 7.32. The predicted octanol–water partition coefficient (Wildman–Crippen LogP) is 4.11. The number of ether oxygens (including phenoxy) is 1. The summed E-state index contributed by atoms with van der Waals surface area (Å²) in [6.07, 6.45) is 1.59. The molecule has 1 N–H and O–H groups in total. The molecule has 3 rings (SSSR count). The molecule has 0 radical (unpaired) electrons. The molecule has 1 atom stereocenters. The average Bonchev–Trinajstić information content (AvgIpc) is 2.68. The van der Waals surface area contributed by atoms with Crippen molar-refractivity contribution in [3.8, 4) is 5.75 Å². The summed E-state index contributed by atoms with van der Waals surface area (Å²) in [5, 5.41) is 3.05. The third-order valence-electron chi connectivity index (χ3n) is 4.69. The molecule has 2 aromatic rings. The Kier molecular flexibility index (Phi) is 6.68. The lowest BCUT2D eigenvalue weighted by Gasteiger charge is -2.43. The molecule has 10 heteroatoms. The van der Waals surface area contributed by atoms with Crippen LogP contribution in [0.1, 0.15) is 13.8 Å². The van der Waals surface area contributed by atoms with Crippen LogP contribution in [0.15, 0.2) is 36.5 Å². The van der Waals surface area contributed by atoms with Crippen LogP contribution in [0.25, 0.3) is 0 Å². The van der Waals surface area contributed by atoms with Gasteiger partial charge in [0.05, 0.1) is 11.7 Å². The Morgan fingerprint density at radius 3 is 2.72 bits per heavy atom. The molecule has 29 heavy (non-hydrogen) atoms. The van der Waals surface area contributed by atoms with E-state index >= 15 is 0 Å². The number of nitrogens with zero attached hydrogens (tertiary/aromatic N) is 4. The molecule has 0 bridgehead atoms. The van der Waals surface area contributed by atoms with E-state index in [4.69, 9.17) is 11.6 Å². The van der Waals surface area contributed by atoms with Gasteiger partial charge in [0.1, 0.15) is 10.9 Å². The number of para-hydroxylation sites is 2. The van der Waals surface area contributed by atoms with Gasteiger partial charge < -0.3 is 19.9 Å². The zero-order valence-corrected chi connectivity index (χ0v) is 16.8. The van der Waals surface area contributed by atoms with Gasteiger partial charge in [0, 0.05) is 25.8 Å². The number of halogens is 3. The van der Waals surface area contributed by atoms with Gasteiger partial charge in [-0.05, 0) is 24.1 Å². The summed E-state index contributed by atoms with van der Waals surface area (Å²) in [6, 6.07) is 7.21. The lowest BCUT2D eigenvalue weighted by molar-refractivity contribution is -0.0493. The van der Waals surface area contributed by atoms with Crippen molar-refractivity contribution in [1.82, 2.24) is 14.9 Å². The number of hydrogen-bond donors (Lipinski definition) is 1. The van der Waals surface area contributed by atoms with Crippen molar-refractivity contribution in [1.29, 1.82) is 0 Å². The number of carbonyl (C=O) groups is 1. The molecule has 0 saturated carbocycles. The van der Waals surface area contributed by atoms with Gasteiger partial charge in [-0.25, -0.2) is 14.8 Å². The second-order valence-electron chi connectivity index (χ2n) is 6.93. The number of benzene rings is 1. The Morgan fingerprint density at radius 2 is 2.03 bits per heavy atom. The van der Waals surface area contributed by atoms with Gasteiger partial charge in [0.25, 0.3) is 0 Å². The lowest BCUT2D eigenvalue weighted by Crippen LogP contribution is -2.58. The van der Waals surface area contributed by atoms with Gasteiger partial charge in [0.15, 0.2) is 0 Å². The maximum atomic E-state index is 12.9. The Bertz CT molecular complexity index is 855. The Balaban J connectivity index is 1.74. The van der Waals surface area contributed by atoms with Gasteiger partial charge >= 0.3 is 12.6 Å². The van der Waals surface area contributed by atoms with Crippen LogP contribution >= 0.6 is 11.6 Å². The molecule has 1 aliphatic rings. The molecule has 1 saturated heterocycles. The van der Waals surface area contributed by atoms with E-state index in [0.717, 1.165) is 0 Å². The average molecular weight is 426 g/mol. The first-order valence-electron chi connectivity index (χ1n) is 9.20. The Hall–Kier alpha value is -2.68. The van der Waals surface area contributed by atoms with Gasteiger partial charge in [-0.15, -0.1) is 0 Å². The Labute approximate surface area is 172 Å². The number of urea groups is 1. The van der Waals surface area contributed by atoms with E-state index in [9.17, 15) is 13.6 Å². The number of alkyl halides is 2. The van der Waals surface area contributed by atoms with Gasteiger partial charge in [-0.3, -0.25) is 0 Å². The summed E-state index contributed by atoms with van der Waals surface area (Å²) >= 11 is 5.97. The number of nitrogens with one attached hydrogen (secondary N) is 1. The summed E-state index contributed by atoms with van der Waals surface area (Å²) in [5.41, 5.74) is 0.195. The van der Waals surface area contributed by atoms with E-state index < -0.39 is 6.61 Å². The normalized spacial score (nSPS) is 17.0. The standard InChI is InChI=1S/C19H22ClF2N5O2/c1-12(2)14-11-26(18-23-8-7-16(20)25-18)9-10-27(14)19(28)24-13-5-3-4-6-15(13)29-17(21)22/h3-8,12,14,17H,9-11H2,1-2H3,(H,24,28). The van der Waals surface area contributed by atoms with Gasteiger partial charge in [-0.2, -0.15) is 8.78 Å². The zero-order chi connectivity index (χ0) is 21.0. The lowest BCUT2D eigenvalue weighted by atomic mass is 10.00. The number of anilines is 2. The van der Waals surface area contributed by atoms with Crippen molar-refractivity contribution in [3.05, 3.63) is 41.7 Å². The van der Waals surface area contributed by atoms with Gasteiger partial charge in [0.2, 0.25) is 5.95 Å². The topological polar surface area (TPSA) is 70.6 Å². The van der Waals surface area contributed by atoms with Crippen LogP contribution in [0, 0.1) is 5.92 Å². The van der Waals surface area contributed by atoms with Crippen molar-refractivity contribution < 1.29 is 18.3 Å². The third kappa shape index (κ3) is 5.23. The van der Waals surface area contributed by atoms with Crippen LogP contribution in [-0.4, -0.2) is 53.2 Å². The van der Waals surface area contributed by atoms with Crippen molar-refractivity contribution in [2.24, 2.45) is 5.92 Å². The summed E-state index contributed by atoms with van der Waals surface area (Å²) in [4.78, 5) is 25.1. The van der Waals surface area contributed by atoms with Crippen molar-refractivity contribution in [2.75, 3.05) is 29.9 Å². The molecule has 2 amide bonds. The number of amides is 2. The van der Waals surface area contributed by atoms with Crippen LogP contribution in [0.4, 0.5) is 25.2 Å². The molecule has 0 aliphatic carbocycles. The molecular weight excluding hydrogens is 404 g/mol. The fourth-order valence-corrected chi connectivity index (χ4v) is 3.38. The highest BCUT2D eigenvalue weighted by Gasteiger charge is 2.33. The van der Waals surface area contributed by atoms with Crippen LogP contribution < -0.4 is 15.0 Å². The number of carbonyl (C=O) groups excluding carboxylic acids is 1. The highest BCUT2D eigenvalue weighted by molar-refractivity contribution is 6.29. The van der Waals surface area contributed by atoms with Crippen LogP contribution in [-0.2, 0) is 0 Å². The molecule has 156 valence electrons. The molecule has 1 aromatic heterocycles. The minimum atomic E-state index is -2.97. The first-order valence-corrected chi connectivity index (χ1v) is 9.58. The molecule has 1 unspecified atom stereocenters. The smallest absolute Gasteiger partial charge is 0.387 e. The first-order chi connectivity index (χ1) is 13.8. The largest absolute Gasteiger partial charge is 0.433 e. The minimum Gasteiger partial charge on any atom is -0.433 e. The fraction of sp³-hybridized carbons (Fsp3) is 0.421. The maximum Gasteiger partial charge on any atom is 0.387 e. The van der Waals surface area contributed by atoms with E-state index in [1.165, 1.54) is 12.1 Å². The quantitative estimate of drug-likeness (QED) is 0.730. The van der Waals surface area contributed by atoms with Crippen molar-refractivity contribution in [3.63, 3.8) is 0 Å². The van der Waals surface area contributed by atoms with E-state index in [2.05, 4.69) is 20.0 Å². The molecule has 2 heterocycles. The highest BCUT2D eigenvalue weighted by atomic mass is 35.5. The van der Waals surface area contributed by atoms with Crippen molar-refractivity contribution in [2.45, 2.75) is 26.5 Å². The van der Waals surface area contributed by atoms with E-state index in [1.807, 2.05) is 18.7 Å². The van der Waals surface area contributed by atoms with Crippen molar-refractivity contribution >= 4 is 29.3 Å². The summed E-state index contributed by atoms with van der Waals surface area (Å²) < 4.78 is 29.7. The number of aromatic nitrogens is 2. The van der Waals surface area contributed by atoms with Gasteiger partial charge in [-0.1, -0.05) is 37.6 Å². The van der Waals surface area contributed by atoms with Crippen LogP contribution in [0.2, 0.25) is 5.15 Å². The number of rotatable bonds is 5. The molecule has 0 spiro atoms. The molecule has 7 nitrogen and oxygen atoms in total. The summed E-state index contributed by atoms with van der Waals surface area (Å²) in [7, 11) is 0. The van der Waals surface area contributed by atoms with Crippen LogP contribution in [0.3, 0.4) is 0 Å². The maximum absolute atomic E-state index is 12.9. The molecule has 1 aliphatic heterocycles. The zero-order valence-electron chi connectivity index (χ0n) is 16.1. The summed E-state index contributed by atoms with van der Waals surface area (Å²) in [5.74, 6) is 0.581. The molecular formula is C19H22ClF2N5O2. The van der Waals surface area contributed by atoms with Crippen LogP contribution in [0.5, 0.6) is 5.75 Å². The fourth-order valence-electron chi connectivity index (χ4n) is 3.25. The molecule has 1 fully saturated rings. The highest BCUT2D eigenvalue weighted by Crippen LogP contribution is 2.27.